The van der Waals surface area contributed by atoms with E-state index >= 15 is 0 Å². The van der Waals surface area contributed by atoms with Crippen molar-refractivity contribution in [2.45, 2.75) is 13.3 Å². The van der Waals surface area contributed by atoms with Crippen molar-refractivity contribution in [1.29, 1.82) is 0 Å². The molecule has 0 saturated heterocycles. The SMILES string of the molecule is C=C(C)COCCc1c(N)cc(N)cc1C(=O)O. The number of carbonyl (C=O) groups is 1. The highest BCUT2D eigenvalue weighted by Gasteiger charge is 2.13. The van der Waals surface area contributed by atoms with Gasteiger partial charge in [-0.05, 0) is 31.0 Å². The largest absolute Gasteiger partial charge is 0.478 e. The first-order valence-electron chi connectivity index (χ1n) is 5.55. The smallest absolute Gasteiger partial charge is 0.336 e. The van der Waals surface area contributed by atoms with Crippen molar-refractivity contribution in [3.63, 3.8) is 0 Å². The van der Waals surface area contributed by atoms with E-state index in [0.717, 1.165) is 5.57 Å². The van der Waals surface area contributed by atoms with Gasteiger partial charge in [-0.15, -0.1) is 0 Å². The third-order valence-corrected chi connectivity index (χ3v) is 2.38. The van der Waals surface area contributed by atoms with Gasteiger partial charge >= 0.3 is 5.97 Å². The van der Waals surface area contributed by atoms with Crippen molar-refractivity contribution < 1.29 is 14.6 Å². The fourth-order valence-corrected chi connectivity index (χ4v) is 1.61. The first-order valence-corrected chi connectivity index (χ1v) is 5.55. The Morgan fingerprint density at radius 2 is 2.11 bits per heavy atom. The molecule has 0 unspecified atom stereocenters. The number of hydrogen-bond donors (Lipinski definition) is 3. The fraction of sp³-hybridized carbons (Fsp3) is 0.308. The van der Waals surface area contributed by atoms with E-state index in [1.807, 2.05) is 6.92 Å². The number of carboxylic acids is 1. The van der Waals surface area contributed by atoms with Crippen LogP contribution in [0.4, 0.5) is 11.4 Å². The van der Waals surface area contributed by atoms with E-state index in [9.17, 15) is 4.79 Å². The van der Waals surface area contributed by atoms with E-state index in [1.165, 1.54) is 6.07 Å². The molecule has 5 nitrogen and oxygen atoms in total. The average Bonchev–Trinajstić information content (AvgIpc) is 2.25. The Kier molecular flexibility index (Phi) is 4.74. The van der Waals surface area contributed by atoms with Crippen LogP contribution in [0.25, 0.3) is 0 Å². The number of ether oxygens (including phenoxy) is 1. The molecule has 0 aliphatic rings. The Bertz CT molecular complexity index is 470. The monoisotopic (exact) mass is 250 g/mol. The van der Waals surface area contributed by atoms with Gasteiger partial charge in [0.05, 0.1) is 18.8 Å². The molecule has 5 heteroatoms. The maximum atomic E-state index is 11.1. The molecule has 0 saturated carbocycles. The molecule has 1 rings (SSSR count). The molecule has 0 aliphatic carbocycles. The standard InChI is InChI=1S/C13H18N2O3/c1-8(2)7-18-4-3-10-11(13(16)17)5-9(14)6-12(10)15/h5-6H,1,3-4,7,14-15H2,2H3,(H,16,17). The maximum Gasteiger partial charge on any atom is 0.336 e. The van der Waals surface area contributed by atoms with Gasteiger partial charge in [-0.25, -0.2) is 4.79 Å². The van der Waals surface area contributed by atoms with Gasteiger partial charge < -0.3 is 21.3 Å². The average molecular weight is 250 g/mol. The van der Waals surface area contributed by atoms with Crippen LogP contribution < -0.4 is 11.5 Å². The highest BCUT2D eigenvalue weighted by atomic mass is 16.5. The summed E-state index contributed by atoms with van der Waals surface area (Å²) in [5.41, 5.74) is 13.7. The Morgan fingerprint density at radius 3 is 2.67 bits per heavy atom. The van der Waals surface area contributed by atoms with Crippen molar-refractivity contribution in [1.82, 2.24) is 0 Å². The molecular weight excluding hydrogens is 232 g/mol. The van der Waals surface area contributed by atoms with Crippen LogP contribution in [-0.4, -0.2) is 24.3 Å². The summed E-state index contributed by atoms with van der Waals surface area (Å²) in [6, 6.07) is 2.97. The Labute approximate surface area is 106 Å². The predicted octanol–water partition coefficient (Wildman–Crippen LogP) is 1.68. The zero-order valence-corrected chi connectivity index (χ0v) is 10.4. The van der Waals surface area contributed by atoms with Crippen LogP contribution in [0.3, 0.4) is 0 Å². The molecule has 0 aromatic heterocycles. The van der Waals surface area contributed by atoms with Gasteiger partial charge in [0.25, 0.3) is 0 Å². The molecule has 0 atom stereocenters. The van der Waals surface area contributed by atoms with Crippen LogP contribution in [0, 0.1) is 0 Å². The Balaban J connectivity index is 2.80. The molecule has 18 heavy (non-hydrogen) atoms. The molecule has 98 valence electrons. The van der Waals surface area contributed by atoms with Gasteiger partial charge in [0.2, 0.25) is 0 Å². The third-order valence-electron chi connectivity index (χ3n) is 2.38. The molecule has 0 aliphatic heterocycles. The lowest BCUT2D eigenvalue weighted by molar-refractivity contribution is 0.0695. The summed E-state index contributed by atoms with van der Waals surface area (Å²) in [5, 5.41) is 9.09. The van der Waals surface area contributed by atoms with Crippen LogP contribution in [-0.2, 0) is 11.2 Å². The van der Waals surface area contributed by atoms with Gasteiger partial charge in [0.15, 0.2) is 0 Å². The van der Waals surface area contributed by atoms with Gasteiger partial charge in [0.1, 0.15) is 0 Å². The van der Waals surface area contributed by atoms with Crippen molar-refractivity contribution in [3.8, 4) is 0 Å². The first-order chi connectivity index (χ1) is 8.41. The van der Waals surface area contributed by atoms with Crippen LogP contribution >= 0.6 is 0 Å². The molecule has 0 bridgehead atoms. The number of anilines is 2. The normalized spacial score (nSPS) is 10.3. The van der Waals surface area contributed by atoms with Gasteiger partial charge in [-0.3, -0.25) is 0 Å². The number of benzene rings is 1. The highest BCUT2D eigenvalue weighted by molar-refractivity contribution is 5.92. The summed E-state index contributed by atoms with van der Waals surface area (Å²) in [6.45, 7) is 6.42. The Hall–Kier alpha value is -2.01. The first kappa shape index (κ1) is 14.1. The summed E-state index contributed by atoms with van der Waals surface area (Å²) in [6.07, 6.45) is 0.432. The number of hydrogen-bond acceptors (Lipinski definition) is 4. The van der Waals surface area contributed by atoms with E-state index in [1.54, 1.807) is 6.07 Å². The lowest BCUT2D eigenvalue weighted by Gasteiger charge is -2.11. The predicted molar refractivity (Wildman–Crippen MR) is 71.6 cm³/mol. The molecular formula is C13H18N2O3. The molecule has 0 spiro atoms. The number of nitrogen functional groups attached to an aromatic ring is 2. The maximum absolute atomic E-state index is 11.1. The van der Waals surface area contributed by atoms with Crippen molar-refractivity contribution >= 4 is 17.3 Å². The van der Waals surface area contributed by atoms with Crippen molar-refractivity contribution in [3.05, 3.63) is 35.4 Å². The Morgan fingerprint density at radius 1 is 1.44 bits per heavy atom. The summed E-state index contributed by atoms with van der Waals surface area (Å²) in [7, 11) is 0. The minimum Gasteiger partial charge on any atom is -0.478 e. The molecule has 0 heterocycles. The zero-order valence-electron chi connectivity index (χ0n) is 10.4. The van der Waals surface area contributed by atoms with Crippen LogP contribution in [0.2, 0.25) is 0 Å². The van der Waals surface area contributed by atoms with E-state index < -0.39 is 5.97 Å². The highest BCUT2D eigenvalue weighted by Crippen LogP contribution is 2.22. The van der Waals surface area contributed by atoms with E-state index in [0.29, 0.717) is 36.6 Å². The molecule has 5 N–H and O–H groups in total. The minimum absolute atomic E-state index is 0.131. The summed E-state index contributed by atoms with van der Waals surface area (Å²) in [4.78, 5) is 11.1. The lowest BCUT2D eigenvalue weighted by atomic mass is 10.0. The van der Waals surface area contributed by atoms with Gasteiger partial charge in [0, 0.05) is 11.4 Å². The molecule has 1 aromatic rings. The van der Waals surface area contributed by atoms with Crippen LogP contribution in [0.15, 0.2) is 24.3 Å². The second-order valence-electron chi connectivity index (χ2n) is 4.20. The minimum atomic E-state index is -1.04. The van der Waals surface area contributed by atoms with Crippen molar-refractivity contribution in [2.75, 3.05) is 24.7 Å². The summed E-state index contributed by atoms with van der Waals surface area (Å²) in [5.74, 6) is -1.04. The van der Waals surface area contributed by atoms with E-state index in [-0.39, 0.29) is 5.56 Å². The second-order valence-corrected chi connectivity index (χ2v) is 4.20. The zero-order chi connectivity index (χ0) is 13.7. The topological polar surface area (TPSA) is 98.6 Å². The third kappa shape index (κ3) is 3.78. The van der Waals surface area contributed by atoms with Gasteiger partial charge in [-0.1, -0.05) is 12.2 Å². The fourth-order valence-electron chi connectivity index (χ4n) is 1.61. The second kappa shape index (κ2) is 6.07. The number of aromatic carboxylic acids is 1. The van der Waals surface area contributed by atoms with Gasteiger partial charge in [-0.2, -0.15) is 0 Å². The summed E-state index contributed by atoms with van der Waals surface area (Å²) >= 11 is 0. The number of carboxylic acid groups (broad SMARTS) is 1. The van der Waals surface area contributed by atoms with E-state index in [4.69, 9.17) is 21.3 Å². The number of rotatable bonds is 6. The van der Waals surface area contributed by atoms with Crippen LogP contribution in [0.5, 0.6) is 0 Å². The lowest BCUT2D eigenvalue weighted by Crippen LogP contribution is -2.10. The molecule has 0 amide bonds. The molecule has 1 aromatic carbocycles. The molecule has 0 fully saturated rings. The van der Waals surface area contributed by atoms with E-state index in [2.05, 4.69) is 6.58 Å². The molecule has 0 radical (unpaired) electrons. The van der Waals surface area contributed by atoms with Crippen LogP contribution in [0.1, 0.15) is 22.8 Å². The van der Waals surface area contributed by atoms with Crippen molar-refractivity contribution in [2.24, 2.45) is 0 Å². The quantitative estimate of drug-likeness (QED) is 0.405. The summed E-state index contributed by atoms with van der Waals surface area (Å²) < 4.78 is 5.34. The number of nitrogens with two attached hydrogens (primary N) is 2.